The molecule has 2 unspecified atom stereocenters. The fourth-order valence-electron chi connectivity index (χ4n) is 9.45. The van der Waals surface area contributed by atoms with E-state index in [2.05, 4.69) is 74.8 Å². The number of hydrogen-bond acceptors (Lipinski definition) is 8. The second-order valence-electron chi connectivity index (χ2n) is 16.4. The highest BCUT2D eigenvalue weighted by Gasteiger charge is 2.34. The van der Waals surface area contributed by atoms with E-state index in [0.29, 0.717) is 32.4 Å². The van der Waals surface area contributed by atoms with Gasteiger partial charge in [0.05, 0.1) is 17.8 Å². The van der Waals surface area contributed by atoms with Crippen LogP contribution in [0.25, 0.3) is 0 Å². The summed E-state index contributed by atoms with van der Waals surface area (Å²) in [6.07, 6.45) is 19.2. The predicted molar refractivity (Wildman–Crippen MR) is 210 cm³/mol. The third kappa shape index (κ3) is 11.4. The summed E-state index contributed by atoms with van der Waals surface area (Å²) in [7, 11) is 0. The number of carboxylic acid groups (broad SMARTS) is 3. The third-order valence-electron chi connectivity index (χ3n) is 12.4. The van der Waals surface area contributed by atoms with E-state index in [-0.39, 0.29) is 35.5 Å². The molecular formula is C43H61N5O6. The van der Waals surface area contributed by atoms with Gasteiger partial charge in [0.2, 0.25) is 0 Å². The quantitative estimate of drug-likeness (QED) is 0.102. The Hall–Kier alpha value is -3.77. The number of aliphatic carboxylic acids is 3. The lowest BCUT2D eigenvalue weighted by Gasteiger charge is -2.29. The minimum Gasteiger partial charge on any atom is -0.481 e. The van der Waals surface area contributed by atoms with Gasteiger partial charge in [0.1, 0.15) is 0 Å². The van der Waals surface area contributed by atoms with Crippen LogP contribution in [0.15, 0.2) is 72.0 Å². The van der Waals surface area contributed by atoms with Gasteiger partial charge in [0.15, 0.2) is 0 Å². The van der Waals surface area contributed by atoms with Gasteiger partial charge < -0.3 is 36.6 Å². The molecular weight excluding hydrogens is 683 g/mol. The fourth-order valence-corrected chi connectivity index (χ4v) is 9.45. The number of nitrogens with one attached hydrogen (secondary N) is 4. The van der Waals surface area contributed by atoms with Gasteiger partial charge in [0, 0.05) is 31.9 Å². The first-order chi connectivity index (χ1) is 26.2. The zero-order valence-corrected chi connectivity index (χ0v) is 31.6. The van der Waals surface area contributed by atoms with Crippen molar-refractivity contribution in [2.24, 2.45) is 47.3 Å². The first kappa shape index (κ1) is 39.9. The summed E-state index contributed by atoms with van der Waals surface area (Å²) in [5.41, 5.74) is 4.33. The molecule has 3 aliphatic heterocycles. The zero-order chi connectivity index (χ0) is 37.9. The lowest BCUT2D eigenvalue weighted by atomic mass is 9.81. The standard InChI is InChI=1S/C43H61N5O6/c49-41(50)38(34-10-13-44-24-34)21-29-4-1-7-32(18-29)27-48(28-33-8-2-5-30(19-33)22-39(42(51)52)35-11-14-45-25-35)17-16-47-37-9-3-6-31(20-37)23-40(43(53)54)36-12-15-46-26-36/h1-5,7,9,18-20,31,33-36,38-40,44-47H,6,8,10-17,21-28H2,(H,49,50)(H,51,52)(H,53,54)/t31?,33?,34-,35-,36-,38-,39-,40-/m0/s1. The summed E-state index contributed by atoms with van der Waals surface area (Å²) >= 11 is 0. The summed E-state index contributed by atoms with van der Waals surface area (Å²) in [5, 5.41) is 43.8. The molecule has 0 spiro atoms. The van der Waals surface area contributed by atoms with Gasteiger partial charge in [0.25, 0.3) is 0 Å². The maximum absolute atomic E-state index is 12.3. The summed E-state index contributed by atoms with van der Waals surface area (Å²) in [5.74, 6) is -2.41. The van der Waals surface area contributed by atoms with Crippen molar-refractivity contribution in [3.8, 4) is 0 Å². The lowest BCUT2D eigenvalue weighted by Crippen LogP contribution is -2.35. The number of benzene rings is 1. The first-order valence-electron chi connectivity index (χ1n) is 20.3. The Morgan fingerprint density at radius 1 is 0.741 bits per heavy atom. The first-order valence-corrected chi connectivity index (χ1v) is 20.3. The van der Waals surface area contributed by atoms with Crippen molar-refractivity contribution >= 4 is 17.9 Å². The van der Waals surface area contributed by atoms with Gasteiger partial charge in [-0.05, 0) is 137 Å². The molecule has 0 bridgehead atoms. The highest BCUT2D eigenvalue weighted by atomic mass is 16.4. The predicted octanol–water partition coefficient (Wildman–Crippen LogP) is 4.29. The highest BCUT2D eigenvalue weighted by Crippen LogP contribution is 2.32. The van der Waals surface area contributed by atoms with E-state index in [4.69, 9.17) is 0 Å². The molecule has 1 aromatic carbocycles. The van der Waals surface area contributed by atoms with Crippen molar-refractivity contribution in [3.05, 3.63) is 83.1 Å². The molecule has 54 heavy (non-hydrogen) atoms. The van der Waals surface area contributed by atoms with Gasteiger partial charge in [-0.25, -0.2) is 0 Å². The zero-order valence-electron chi connectivity index (χ0n) is 31.6. The average Bonchev–Trinajstić information content (AvgIpc) is 3.97. The Balaban J connectivity index is 1.12. The van der Waals surface area contributed by atoms with Crippen LogP contribution < -0.4 is 21.3 Å². The molecule has 294 valence electrons. The summed E-state index contributed by atoms with van der Waals surface area (Å²) in [4.78, 5) is 39.2. The van der Waals surface area contributed by atoms with Crippen LogP contribution in [0, 0.1) is 47.3 Å². The maximum Gasteiger partial charge on any atom is 0.307 e. The van der Waals surface area contributed by atoms with Crippen molar-refractivity contribution in [1.82, 2.24) is 26.2 Å². The van der Waals surface area contributed by atoms with Crippen LogP contribution in [0.2, 0.25) is 0 Å². The Morgan fingerprint density at radius 3 is 1.96 bits per heavy atom. The number of hydrogen-bond donors (Lipinski definition) is 7. The van der Waals surface area contributed by atoms with Crippen LogP contribution >= 0.6 is 0 Å². The molecule has 0 saturated carbocycles. The molecule has 7 N–H and O–H groups in total. The topological polar surface area (TPSA) is 163 Å². The second-order valence-corrected chi connectivity index (χ2v) is 16.4. The Morgan fingerprint density at radius 2 is 1.33 bits per heavy atom. The highest BCUT2D eigenvalue weighted by molar-refractivity contribution is 5.72. The van der Waals surface area contributed by atoms with Gasteiger partial charge >= 0.3 is 17.9 Å². The number of rotatable bonds is 20. The number of carbonyl (C=O) groups is 3. The van der Waals surface area contributed by atoms with Crippen molar-refractivity contribution in [2.45, 2.75) is 57.9 Å². The van der Waals surface area contributed by atoms with Gasteiger partial charge in [-0.2, -0.15) is 0 Å². The monoisotopic (exact) mass is 743 g/mol. The summed E-state index contributed by atoms with van der Waals surface area (Å²) in [6, 6.07) is 8.39. The van der Waals surface area contributed by atoms with E-state index in [9.17, 15) is 29.7 Å². The van der Waals surface area contributed by atoms with Crippen molar-refractivity contribution in [2.75, 3.05) is 58.9 Å². The molecule has 3 saturated heterocycles. The van der Waals surface area contributed by atoms with Crippen LogP contribution in [0.1, 0.15) is 56.1 Å². The van der Waals surface area contributed by atoms with Crippen LogP contribution in [-0.4, -0.2) is 97.0 Å². The minimum absolute atomic E-state index is 0.136. The van der Waals surface area contributed by atoms with E-state index in [1.807, 2.05) is 12.1 Å². The number of carboxylic acids is 3. The minimum atomic E-state index is -0.730. The SMILES string of the molecule is O=C(O)[C@@H](CC1=CC(CN(CCNC2=CC(C[C@H](C(=O)O)[C@H]3CCNC3)CC=C2)Cc2cccc(C[C@H](C(=O)O)[C@H]3CCNC3)c2)CC=C1)[C@H]1CCNC1. The summed E-state index contributed by atoms with van der Waals surface area (Å²) in [6.45, 7) is 7.90. The van der Waals surface area contributed by atoms with Crippen molar-refractivity contribution in [1.29, 1.82) is 0 Å². The molecule has 0 amide bonds. The molecule has 5 aliphatic rings. The smallest absolute Gasteiger partial charge is 0.307 e. The van der Waals surface area contributed by atoms with Crippen LogP contribution in [0.4, 0.5) is 0 Å². The molecule has 0 aromatic heterocycles. The fraction of sp³-hybridized carbons (Fsp3) is 0.605. The van der Waals surface area contributed by atoms with E-state index in [1.165, 1.54) is 0 Å². The molecule has 2 aliphatic carbocycles. The van der Waals surface area contributed by atoms with Gasteiger partial charge in [-0.1, -0.05) is 60.2 Å². The Labute approximate surface area is 320 Å². The molecule has 11 nitrogen and oxygen atoms in total. The molecule has 11 heteroatoms. The average molecular weight is 744 g/mol. The van der Waals surface area contributed by atoms with Gasteiger partial charge in [-0.15, -0.1) is 0 Å². The van der Waals surface area contributed by atoms with Crippen molar-refractivity contribution < 1.29 is 29.7 Å². The molecule has 1 aromatic rings. The van der Waals surface area contributed by atoms with E-state index in [1.54, 1.807) is 0 Å². The largest absolute Gasteiger partial charge is 0.481 e. The number of nitrogens with zero attached hydrogens (tertiary/aromatic N) is 1. The Kier molecular flexibility index (Phi) is 14.6. The second kappa shape index (κ2) is 19.7. The third-order valence-corrected chi connectivity index (χ3v) is 12.4. The van der Waals surface area contributed by atoms with E-state index < -0.39 is 29.7 Å². The molecule has 3 fully saturated rings. The van der Waals surface area contributed by atoms with E-state index in [0.717, 1.165) is 107 Å². The molecule has 8 atom stereocenters. The van der Waals surface area contributed by atoms with Gasteiger partial charge in [-0.3, -0.25) is 19.3 Å². The normalized spacial score (nSPS) is 27.0. The van der Waals surface area contributed by atoms with Crippen LogP contribution in [0.5, 0.6) is 0 Å². The molecule has 0 radical (unpaired) electrons. The van der Waals surface area contributed by atoms with E-state index >= 15 is 0 Å². The van der Waals surface area contributed by atoms with Crippen LogP contribution in [-0.2, 0) is 27.3 Å². The lowest BCUT2D eigenvalue weighted by molar-refractivity contribution is -0.144. The molecule has 3 heterocycles. The molecule has 6 rings (SSSR count). The number of allylic oxidation sites excluding steroid dienone is 6. The van der Waals surface area contributed by atoms with Crippen molar-refractivity contribution in [3.63, 3.8) is 0 Å². The van der Waals surface area contributed by atoms with Crippen LogP contribution in [0.3, 0.4) is 0 Å². The Bertz CT molecular complexity index is 1550. The maximum atomic E-state index is 12.3. The summed E-state index contributed by atoms with van der Waals surface area (Å²) < 4.78 is 0.